The zero-order valence-electron chi connectivity index (χ0n) is 16.4. The van der Waals surface area contributed by atoms with Crippen LogP contribution in [0.3, 0.4) is 0 Å². The summed E-state index contributed by atoms with van der Waals surface area (Å²) in [6, 6.07) is 18.7. The molecule has 5 heteroatoms. The highest BCUT2D eigenvalue weighted by Gasteiger charge is 2.51. The number of rotatable bonds is 4. The van der Waals surface area contributed by atoms with Crippen molar-refractivity contribution >= 4 is 34.8 Å². The van der Waals surface area contributed by atoms with Gasteiger partial charge in [-0.1, -0.05) is 47.5 Å². The van der Waals surface area contributed by atoms with Crippen LogP contribution in [0.4, 0.5) is 5.69 Å². The van der Waals surface area contributed by atoms with E-state index in [9.17, 15) is 4.79 Å². The fourth-order valence-corrected chi connectivity index (χ4v) is 4.11. The van der Waals surface area contributed by atoms with Crippen LogP contribution in [-0.2, 0) is 4.79 Å². The summed E-state index contributed by atoms with van der Waals surface area (Å²) in [6.07, 6.45) is -0.656. The Morgan fingerprint density at radius 3 is 2.31 bits per heavy atom. The first-order valence-electron chi connectivity index (χ1n) is 9.44. The molecule has 4 rings (SSSR count). The van der Waals surface area contributed by atoms with Crippen LogP contribution in [0.2, 0.25) is 10.0 Å². The van der Waals surface area contributed by atoms with Gasteiger partial charge >= 0.3 is 0 Å². The largest absolute Gasteiger partial charge is 0.478 e. The second-order valence-electron chi connectivity index (χ2n) is 7.39. The predicted molar refractivity (Wildman–Crippen MR) is 118 cm³/mol. The zero-order valence-corrected chi connectivity index (χ0v) is 18.0. The molecule has 0 saturated carbocycles. The van der Waals surface area contributed by atoms with Crippen LogP contribution in [0, 0.1) is 20.8 Å². The monoisotopic (exact) mass is 425 g/mol. The smallest absolute Gasteiger partial charge is 0.271 e. The summed E-state index contributed by atoms with van der Waals surface area (Å²) in [7, 11) is 0. The molecule has 0 aliphatic carbocycles. The molecule has 0 radical (unpaired) electrons. The number of halogens is 2. The van der Waals surface area contributed by atoms with E-state index in [1.54, 1.807) is 17.0 Å². The second kappa shape index (κ2) is 7.74. The highest BCUT2D eigenvalue weighted by molar-refractivity contribution is 6.31. The SMILES string of the molecule is Cc1ccc(N2C(=O)C(Oc3ccc(Cl)cc3C)C2c2ccccc2Cl)cc1C. The van der Waals surface area contributed by atoms with Crippen LogP contribution < -0.4 is 9.64 Å². The molecule has 3 aromatic rings. The fourth-order valence-electron chi connectivity index (χ4n) is 3.64. The van der Waals surface area contributed by atoms with Crippen molar-refractivity contribution in [3.8, 4) is 5.75 Å². The van der Waals surface area contributed by atoms with Gasteiger partial charge in [-0.3, -0.25) is 9.69 Å². The normalized spacial score (nSPS) is 18.5. The topological polar surface area (TPSA) is 29.5 Å². The van der Waals surface area contributed by atoms with Gasteiger partial charge in [-0.2, -0.15) is 0 Å². The number of hydrogen-bond acceptors (Lipinski definition) is 2. The first-order valence-corrected chi connectivity index (χ1v) is 10.2. The summed E-state index contributed by atoms with van der Waals surface area (Å²) in [5.41, 5.74) is 4.90. The van der Waals surface area contributed by atoms with Crippen LogP contribution in [-0.4, -0.2) is 12.0 Å². The maximum absolute atomic E-state index is 13.2. The van der Waals surface area contributed by atoms with E-state index in [4.69, 9.17) is 27.9 Å². The van der Waals surface area contributed by atoms with Gasteiger partial charge in [0, 0.05) is 15.7 Å². The van der Waals surface area contributed by atoms with E-state index in [-0.39, 0.29) is 11.9 Å². The standard InChI is InChI=1S/C24H21Cl2NO2/c1-14-8-10-18(13-15(14)2)27-22(19-6-4-5-7-20(19)26)23(24(27)28)29-21-11-9-17(25)12-16(21)3/h4-13,22-23H,1-3H3. The first-order chi connectivity index (χ1) is 13.9. The van der Waals surface area contributed by atoms with E-state index in [2.05, 4.69) is 6.92 Å². The summed E-state index contributed by atoms with van der Waals surface area (Å²) in [4.78, 5) is 14.9. The minimum atomic E-state index is -0.656. The van der Waals surface area contributed by atoms with Gasteiger partial charge < -0.3 is 4.74 Å². The highest BCUT2D eigenvalue weighted by Crippen LogP contribution is 2.44. The molecule has 1 heterocycles. The Balaban J connectivity index is 1.74. The Hall–Kier alpha value is -2.49. The molecular weight excluding hydrogens is 405 g/mol. The number of benzene rings is 3. The average molecular weight is 426 g/mol. The van der Waals surface area contributed by atoms with Crippen molar-refractivity contribution < 1.29 is 9.53 Å². The Morgan fingerprint density at radius 1 is 0.862 bits per heavy atom. The molecule has 1 amide bonds. The summed E-state index contributed by atoms with van der Waals surface area (Å²) < 4.78 is 6.17. The highest BCUT2D eigenvalue weighted by atomic mass is 35.5. The van der Waals surface area contributed by atoms with E-state index >= 15 is 0 Å². The van der Waals surface area contributed by atoms with Crippen molar-refractivity contribution in [3.05, 3.63) is 93.0 Å². The molecule has 1 saturated heterocycles. The molecule has 0 spiro atoms. The Bertz CT molecular complexity index is 1100. The minimum Gasteiger partial charge on any atom is -0.478 e. The van der Waals surface area contributed by atoms with Crippen molar-refractivity contribution in [2.24, 2.45) is 0 Å². The molecule has 0 bridgehead atoms. The first kappa shape index (κ1) is 19.8. The van der Waals surface area contributed by atoms with Crippen molar-refractivity contribution in [1.82, 2.24) is 0 Å². The predicted octanol–water partition coefficient (Wildman–Crippen LogP) is 6.45. The Morgan fingerprint density at radius 2 is 1.62 bits per heavy atom. The molecule has 1 aliphatic heterocycles. The second-order valence-corrected chi connectivity index (χ2v) is 8.24. The number of carbonyl (C=O) groups excluding carboxylic acids is 1. The van der Waals surface area contributed by atoms with Gasteiger partial charge in [-0.05, 0) is 79.4 Å². The summed E-state index contributed by atoms with van der Waals surface area (Å²) in [5.74, 6) is 0.553. The van der Waals surface area contributed by atoms with Gasteiger partial charge in [-0.15, -0.1) is 0 Å². The third-order valence-electron chi connectivity index (χ3n) is 5.43. The van der Waals surface area contributed by atoms with E-state index in [0.29, 0.717) is 15.8 Å². The molecule has 0 N–H and O–H groups in total. The summed E-state index contributed by atoms with van der Waals surface area (Å²) in [6.45, 7) is 6.01. The van der Waals surface area contributed by atoms with Gasteiger partial charge in [0.25, 0.3) is 5.91 Å². The molecule has 3 nitrogen and oxygen atoms in total. The van der Waals surface area contributed by atoms with Gasteiger partial charge in [0.2, 0.25) is 6.10 Å². The lowest BCUT2D eigenvalue weighted by Crippen LogP contribution is -2.61. The van der Waals surface area contributed by atoms with Gasteiger partial charge in [0.1, 0.15) is 11.8 Å². The number of nitrogens with zero attached hydrogens (tertiary/aromatic N) is 1. The quantitative estimate of drug-likeness (QED) is 0.449. The Labute approximate surface area is 180 Å². The molecule has 3 aromatic carbocycles. The number of β-lactam (4-membered cyclic amide) rings is 1. The number of amides is 1. The number of aryl methyl sites for hydroxylation is 3. The summed E-state index contributed by atoms with van der Waals surface area (Å²) >= 11 is 12.6. The van der Waals surface area contributed by atoms with Crippen LogP contribution in [0.5, 0.6) is 5.75 Å². The fraction of sp³-hybridized carbons (Fsp3) is 0.208. The third kappa shape index (κ3) is 3.61. The molecular formula is C24H21Cl2NO2. The minimum absolute atomic E-state index is 0.0903. The molecule has 148 valence electrons. The number of hydrogen-bond donors (Lipinski definition) is 0. The maximum Gasteiger partial charge on any atom is 0.271 e. The van der Waals surface area contributed by atoms with E-state index in [0.717, 1.165) is 22.4 Å². The average Bonchev–Trinajstić information content (AvgIpc) is 2.68. The lowest BCUT2D eigenvalue weighted by molar-refractivity contribution is -0.135. The lowest BCUT2D eigenvalue weighted by atomic mass is 9.89. The number of carbonyl (C=O) groups is 1. The lowest BCUT2D eigenvalue weighted by Gasteiger charge is -2.47. The molecule has 2 unspecified atom stereocenters. The van der Waals surface area contributed by atoms with Crippen LogP contribution in [0.1, 0.15) is 28.3 Å². The number of anilines is 1. The van der Waals surface area contributed by atoms with Crippen LogP contribution in [0.25, 0.3) is 0 Å². The van der Waals surface area contributed by atoms with E-state index in [1.807, 2.05) is 62.4 Å². The van der Waals surface area contributed by atoms with Crippen LogP contribution >= 0.6 is 23.2 Å². The number of ether oxygens (including phenoxy) is 1. The Kier molecular flexibility index (Phi) is 5.28. The van der Waals surface area contributed by atoms with E-state index in [1.165, 1.54) is 5.56 Å². The molecule has 1 fully saturated rings. The van der Waals surface area contributed by atoms with Crippen molar-refractivity contribution in [3.63, 3.8) is 0 Å². The maximum atomic E-state index is 13.2. The van der Waals surface area contributed by atoms with Gasteiger partial charge in [0.15, 0.2) is 0 Å². The van der Waals surface area contributed by atoms with Gasteiger partial charge in [0.05, 0.1) is 0 Å². The molecule has 1 aliphatic rings. The zero-order chi connectivity index (χ0) is 20.7. The van der Waals surface area contributed by atoms with Gasteiger partial charge in [-0.25, -0.2) is 0 Å². The van der Waals surface area contributed by atoms with E-state index < -0.39 is 6.10 Å². The summed E-state index contributed by atoms with van der Waals surface area (Å²) in [5, 5.41) is 1.24. The van der Waals surface area contributed by atoms with Crippen molar-refractivity contribution in [2.45, 2.75) is 32.9 Å². The molecule has 0 aromatic heterocycles. The van der Waals surface area contributed by atoms with Crippen molar-refractivity contribution in [2.75, 3.05) is 4.90 Å². The molecule has 29 heavy (non-hydrogen) atoms. The van der Waals surface area contributed by atoms with Crippen LogP contribution in [0.15, 0.2) is 60.7 Å². The van der Waals surface area contributed by atoms with Crippen molar-refractivity contribution in [1.29, 1.82) is 0 Å². The third-order valence-corrected chi connectivity index (χ3v) is 6.01. The molecule has 2 atom stereocenters.